The van der Waals surface area contributed by atoms with Gasteiger partial charge in [-0.3, -0.25) is 0 Å². The fourth-order valence-corrected chi connectivity index (χ4v) is 7.38. The Morgan fingerprint density at radius 2 is 1.38 bits per heavy atom. The van der Waals surface area contributed by atoms with Crippen LogP contribution in [-0.4, -0.2) is 21.8 Å². The monoisotopic (exact) mass is 312 g/mol. The average Bonchev–Trinajstić information content (AvgIpc) is 2.77. The molecule has 1 unspecified atom stereocenters. The fourth-order valence-electron chi connectivity index (χ4n) is 4.27. The maximum absolute atomic E-state index is 6.47. The van der Waals surface area contributed by atoms with Gasteiger partial charge in [0.2, 0.25) is 0 Å². The van der Waals surface area contributed by atoms with Crippen molar-refractivity contribution in [2.75, 3.05) is 13.2 Å². The minimum atomic E-state index is -1.95. The van der Waals surface area contributed by atoms with Crippen LogP contribution in [0.15, 0.2) is 0 Å². The molecule has 0 heterocycles. The van der Waals surface area contributed by atoms with Crippen LogP contribution in [-0.2, 0) is 8.85 Å². The van der Waals surface area contributed by atoms with Crippen molar-refractivity contribution in [2.24, 2.45) is 5.92 Å². The van der Waals surface area contributed by atoms with E-state index in [9.17, 15) is 0 Å². The molecule has 1 atom stereocenters. The summed E-state index contributed by atoms with van der Waals surface area (Å²) in [7, 11) is -1.95. The van der Waals surface area contributed by atoms with Crippen LogP contribution in [0.2, 0.25) is 12.1 Å². The molecule has 0 saturated heterocycles. The first-order valence-corrected chi connectivity index (χ1v) is 11.9. The molecular formula is C18H36O2Si. The lowest BCUT2D eigenvalue weighted by molar-refractivity contribution is 0.151. The van der Waals surface area contributed by atoms with Gasteiger partial charge in [0.1, 0.15) is 0 Å². The molecular weight excluding hydrogens is 276 g/mol. The van der Waals surface area contributed by atoms with E-state index in [1.54, 1.807) is 0 Å². The summed E-state index contributed by atoms with van der Waals surface area (Å²) < 4.78 is 12.7. The predicted octanol–water partition coefficient (Wildman–Crippen LogP) is 5.81. The molecule has 2 rings (SSSR count). The summed E-state index contributed by atoms with van der Waals surface area (Å²) >= 11 is 0. The van der Waals surface area contributed by atoms with Crippen LogP contribution < -0.4 is 0 Å². The molecule has 124 valence electrons. The van der Waals surface area contributed by atoms with E-state index in [0.717, 1.165) is 24.7 Å². The lowest BCUT2D eigenvalue weighted by Crippen LogP contribution is -2.45. The molecule has 2 fully saturated rings. The van der Waals surface area contributed by atoms with Crippen LogP contribution in [0.1, 0.15) is 84.0 Å². The van der Waals surface area contributed by atoms with Crippen LogP contribution >= 0.6 is 0 Å². The predicted molar refractivity (Wildman–Crippen MR) is 91.8 cm³/mol. The summed E-state index contributed by atoms with van der Waals surface area (Å²) in [5.41, 5.74) is 0.736. The molecule has 2 aliphatic rings. The summed E-state index contributed by atoms with van der Waals surface area (Å²) in [4.78, 5) is 0. The lowest BCUT2D eigenvalue weighted by Gasteiger charge is -2.36. The number of rotatable bonds is 7. The summed E-state index contributed by atoms with van der Waals surface area (Å²) in [5.74, 6) is 0.915. The molecule has 21 heavy (non-hydrogen) atoms. The largest absolute Gasteiger partial charge is 0.394 e. The van der Waals surface area contributed by atoms with Crippen molar-refractivity contribution >= 4 is 8.56 Å². The highest BCUT2D eigenvalue weighted by atomic mass is 28.4. The maximum atomic E-state index is 6.47. The quantitative estimate of drug-likeness (QED) is 0.436. The van der Waals surface area contributed by atoms with Gasteiger partial charge >= 0.3 is 8.56 Å². The molecule has 0 aromatic rings. The van der Waals surface area contributed by atoms with Gasteiger partial charge < -0.3 is 8.85 Å². The van der Waals surface area contributed by atoms with Crippen molar-refractivity contribution in [3.8, 4) is 0 Å². The highest BCUT2D eigenvalue weighted by Gasteiger charge is 2.41. The summed E-state index contributed by atoms with van der Waals surface area (Å²) in [6.45, 7) is 6.23. The highest BCUT2D eigenvalue weighted by molar-refractivity contribution is 6.67. The van der Waals surface area contributed by atoms with Gasteiger partial charge in [-0.2, -0.15) is 0 Å². The normalized spacial score (nSPS) is 25.4. The minimum Gasteiger partial charge on any atom is -0.394 e. The molecule has 2 nitrogen and oxygen atoms in total. The first kappa shape index (κ1) is 17.5. The third-order valence-corrected chi connectivity index (χ3v) is 9.37. The van der Waals surface area contributed by atoms with E-state index >= 15 is 0 Å². The lowest BCUT2D eigenvalue weighted by atomic mass is 9.97. The number of hydrogen-bond acceptors (Lipinski definition) is 2. The van der Waals surface area contributed by atoms with Gasteiger partial charge in [-0.15, -0.1) is 0 Å². The van der Waals surface area contributed by atoms with Gasteiger partial charge in [0, 0.05) is 18.8 Å². The van der Waals surface area contributed by atoms with Gasteiger partial charge in [0.05, 0.1) is 0 Å². The van der Waals surface area contributed by atoms with E-state index in [-0.39, 0.29) is 0 Å². The molecule has 0 aromatic heterocycles. The second-order valence-corrected chi connectivity index (χ2v) is 10.7. The van der Waals surface area contributed by atoms with Gasteiger partial charge in [0.15, 0.2) is 0 Å². The van der Waals surface area contributed by atoms with Crippen molar-refractivity contribution in [1.29, 1.82) is 0 Å². The smallest absolute Gasteiger partial charge is 0.338 e. The molecule has 0 N–H and O–H groups in total. The van der Waals surface area contributed by atoms with E-state index in [0.29, 0.717) is 0 Å². The van der Waals surface area contributed by atoms with Gasteiger partial charge in [0.25, 0.3) is 0 Å². The van der Waals surface area contributed by atoms with Crippen LogP contribution in [0.3, 0.4) is 0 Å². The summed E-state index contributed by atoms with van der Waals surface area (Å²) in [5, 5.41) is 0. The van der Waals surface area contributed by atoms with Gasteiger partial charge in [-0.1, -0.05) is 57.8 Å². The molecule has 0 radical (unpaired) electrons. The van der Waals surface area contributed by atoms with Crippen molar-refractivity contribution in [3.05, 3.63) is 0 Å². The Balaban J connectivity index is 1.78. The Morgan fingerprint density at radius 3 is 2.00 bits per heavy atom. The van der Waals surface area contributed by atoms with Crippen LogP contribution in [0.25, 0.3) is 0 Å². The summed E-state index contributed by atoms with van der Waals surface area (Å²) in [6, 6.07) is 0. The second kappa shape index (κ2) is 9.31. The van der Waals surface area contributed by atoms with E-state index in [4.69, 9.17) is 8.85 Å². The Kier molecular flexibility index (Phi) is 7.76. The van der Waals surface area contributed by atoms with Crippen molar-refractivity contribution < 1.29 is 8.85 Å². The Labute approximate surface area is 133 Å². The first-order chi connectivity index (χ1) is 10.2. The van der Waals surface area contributed by atoms with Crippen LogP contribution in [0.5, 0.6) is 0 Å². The average molecular weight is 313 g/mol. The molecule has 0 amide bonds. The van der Waals surface area contributed by atoms with Crippen LogP contribution in [0.4, 0.5) is 0 Å². The van der Waals surface area contributed by atoms with Crippen molar-refractivity contribution in [3.63, 3.8) is 0 Å². The SMILES string of the molecule is CCO[Si](C)(OCCC1CCCCCC1)C1CCCCC1. The Morgan fingerprint density at radius 1 is 0.810 bits per heavy atom. The maximum Gasteiger partial charge on any atom is 0.338 e. The zero-order valence-corrected chi connectivity index (χ0v) is 15.4. The van der Waals surface area contributed by atoms with E-state index in [1.807, 2.05) is 0 Å². The topological polar surface area (TPSA) is 18.5 Å². The highest BCUT2D eigenvalue weighted by Crippen LogP contribution is 2.38. The molecule has 0 spiro atoms. The van der Waals surface area contributed by atoms with Gasteiger partial charge in [-0.25, -0.2) is 0 Å². The van der Waals surface area contributed by atoms with E-state index in [2.05, 4.69) is 13.5 Å². The Bertz CT molecular complexity index is 270. The standard InChI is InChI=1S/C18H36O2Si/c1-3-19-21(2,18-13-9-6-10-14-18)20-16-15-17-11-7-4-5-8-12-17/h17-18H,3-16H2,1-2H3. The Hall–Kier alpha value is 0.137. The third kappa shape index (κ3) is 5.68. The van der Waals surface area contributed by atoms with Gasteiger partial charge in [-0.05, 0) is 38.7 Å². The van der Waals surface area contributed by atoms with E-state index < -0.39 is 8.56 Å². The van der Waals surface area contributed by atoms with E-state index in [1.165, 1.54) is 77.0 Å². The molecule has 3 heteroatoms. The zero-order valence-electron chi connectivity index (χ0n) is 14.4. The van der Waals surface area contributed by atoms with Crippen molar-refractivity contribution in [2.45, 2.75) is 96.1 Å². The molecule has 2 saturated carbocycles. The fraction of sp³-hybridized carbons (Fsp3) is 1.00. The number of hydrogen-bond donors (Lipinski definition) is 0. The molecule has 2 aliphatic carbocycles. The third-order valence-electron chi connectivity index (χ3n) is 5.67. The molecule has 0 aliphatic heterocycles. The second-order valence-electron chi connectivity index (χ2n) is 7.28. The first-order valence-electron chi connectivity index (χ1n) is 9.52. The summed E-state index contributed by atoms with van der Waals surface area (Å²) in [6.07, 6.45) is 16.8. The zero-order chi connectivity index (χ0) is 15.0. The molecule has 0 bridgehead atoms. The van der Waals surface area contributed by atoms with Crippen LogP contribution in [0, 0.1) is 5.92 Å². The van der Waals surface area contributed by atoms with Crippen molar-refractivity contribution in [1.82, 2.24) is 0 Å². The molecule has 0 aromatic carbocycles. The minimum absolute atomic E-state index is 0.736.